The number of aromatic amines is 1. The number of nitrogens with zero attached hydrogens (tertiary/aromatic N) is 5. The summed E-state index contributed by atoms with van der Waals surface area (Å²) in [6.07, 6.45) is -3.41. The predicted octanol–water partition coefficient (Wildman–Crippen LogP) is 1.45. The molecule has 22 heavy (non-hydrogen) atoms. The number of hydrogen-bond donors (Lipinski definition) is 1. The van der Waals surface area contributed by atoms with Crippen LogP contribution in [0.4, 0.5) is 13.2 Å². The molecule has 1 fully saturated rings. The maximum atomic E-state index is 13.0. The van der Waals surface area contributed by atoms with Gasteiger partial charge < -0.3 is 4.90 Å². The van der Waals surface area contributed by atoms with Crippen LogP contribution in [0.25, 0.3) is 0 Å². The molecule has 11 heteroatoms. The van der Waals surface area contributed by atoms with Crippen LogP contribution < -0.4 is 0 Å². The first kappa shape index (κ1) is 14.8. The number of alkyl halides is 3. The van der Waals surface area contributed by atoms with Gasteiger partial charge in [0.15, 0.2) is 5.69 Å². The molecule has 118 valence electrons. The van der Waals surface area contributed by atoms with Crippen molar-refractivity contribution >= 4 is 17.5 Å². The summed E-state index contributed by atoms with van der Waals surface area (Å²) in [7, 11) is 1.25. The fourth-order valence-corrected chi connectivity index (χ4v) is 2.52. The Bertz CT molecular complexity index is 704. The minimum absolute atomic E-state index is 0.0695. The van der Waals surface area contributed by atoms with Crippen LogP contribution in [0.2, 0.25) is 5.15 Å². The zero-order valence-corrected chi connectivity index (χ0v) is 12.0. The number of halogens is 4. The minimum atomic E-state index is -4.74. The molecule has 1 amide bonds. The second-order valence-electron chi connectivity index (χ2n) is 4.91. The molecule has 0 bridgehead atoms. The van der Waals surface area contributed by atoms with E-state index in [0.717, 1.165) is 4.68 Å². The first-order valence-corrected chi connectivity index (χ1v) is 6.61. The van der Waals surface area contributed by atoms with E-state index in [4.69, 9.17) is 11.6 Å². The van der Waals surface area contributed by atoms with E-state index < -0.39 is 28.5 Å². The van der Waals surface area contributed by atoms with E-state index in [1.807, 2.05) is 0 Å². The van der Waals surface area contributed by atoms with Crippen LogP contribution in [-0.2, 0) is 13.2 Å². The number of aryl methyl sites for hydroxylation is 1. The molecule has 1 N–H and O–H groups in total. The Morgan fingerprint density at radius 2 is 2.14 bits per heavy atom. The quantitative estimate of drug-likeness (QED) is 0.901. The predicted molar refractivity (Wildman–Crippen MR) is 68.2 cm³/mol. The number of likely N-dealkylation sites (tertiary alicyclic amines) is 1. The van der Waals surface area contributed by atoms with Crippen molar-refractivity contribution in [3.63, 3.8) is 0 Å². The molecule has 1 aliphatic rings. The van der Waals surface area contributed by atoms with Gasteiger partial charge in [0.05, 0.1) is 5.92 Å². The first-order valence-electron chi connectivity index (χ1n) is 6.23. The highest BCUT2D eigenvalue weighted by Gasteiger charge is 2.44. The molecule has 0 saturated carbocycles. The third-order valence-electron chi connectivity index (χ3n) is 3.45. The number of H-pyrrole nitrogens is 1. The van der Waals surface area contributed by atoms with E-state index in [0.29, 0.717) is 5.82 Å². The monoisotopic (exact) mass is 334 g/mol. The largest absolute Gasteiger partial charge is 0.421 e. The first-order chi connectivity index (χ1) is 10.3. The molecular formula is C11H10ClF3N6O. The van der Waals surface area contributed by atoms with E-state index in [2.05, 4.69) is 20.3 Å². The van der Waals surface area contributed by atoms with Crippen LogP contribution >= 0.6 is 11.6 Å². The third kappa shape index (κ3) is 2.32. The number of hydrogen-bond acceptors (Lipinski definition) is 4. The molecule has 0 atom stereocenters. The fraction of sp³-hybridized carbons (Fsp3) is 0.455. The lowest BCUT2D eigenvalue weighted by Crippen LogP contribution is -2.49. The number of aromatic nitrogens is 5. The Balaban J connectivity index is 1.81. The number of carbonyl (C=O) groups excluding carboxylic acids is 1. The van der Waals surface area contributed by atoms with E-state index in [1.54, 1.807) is 0 Å². The lowest BCUT2D eigenvalue weighted by molar-refractivity contribution is -0.138. The SMILES string of the molecule is Cn1nc(C(=O)N2CC(c3ncn[nH]3)C2)c(C(F)(F)F)c1Cl. The van der Waals surface area contributed by atoms with Crippen LogP contribution in [0.15, 0.2) is 6.33 Å². The highest BCUT2D eigenvalue weighted by molar-refractivity contribution is 6.31. The maximum absolute atomic E-state index is 13.0. The number of nitrogens with one attached hydrogen (secondary N) is 1. The number of carbonyl (C=O) groups is 1. The molecule has 2 aromatic rings. The molecular weight excluding hydrogens is 325 g/mol. The molecule has 3 rings (SSSR count). The fourth-order valence-electron chi connectivity index (χ4n) is 2.28. The van der Waals surface area contributed by atoms with Gasteiger partial charge in [0.2, 0.25) is 0 Å². The Labute approximate surface area is 127 Å². The number of amides is 1. The Hall–Kier alpha value is -2.10. The van der Waals surface area contributed by atoms with Crippen molar-refractivity contribution in [1.82, 2.24) is 29.9 Å². The smallest absolute Gasteiger partial charge is 0.336 e. The summed E-state index contributed by atoms with van der Waals surface area (Å²) in [5, 5.41) is 9.36. The second kappa shape index (κ2) is 4.97. The van der Waals surface area contributed by atoms with Gasteiger partial charge in [-0.1, -0.05) is 11.6 Å². The van der Waals surface area contributed by atoms with Crippen molar-refractivity contribution in [2.45, 2.75) is 12.1 Å². The Kier molecular flexibility index (Phi) is 3.35. The molecule has 3 heterocycles. The summed E-state index contributed by atoms with van der Waals surface area (Å²) >= 11 is 5.60. The average molecular weight is 335 g/mol. The molecule has 2 aromatic heterocycles. The van der Waals surface area contributed by atoms with Crippen LogP contribution in [0.3, 0.4) is 0 Å². The van der Waals surface area contributed by atoms with Gasteiger partial charge >= 0.3 is 6.18 Å². The van der Waals surface area contributed by atoms with Crippen molar-refractivity contribution in [2.24, 2.45) is 7.05 Å². The summed E-state index contributed by atoms with van der Waals surface area (Å²) in [5.41, 5.74) is -1.89. The summed E-state index contributed by atoms with van der Waals surface area (Å²) in [5.74, 6) is -0.273. The molecule has 1 saturated heterocycles. The Morgan fingerprint density at radius 3 is 2.68 bits per heavy atom. The molecule has 1 aliphatic heterocycles. The van der Waals surface area contributed by atoms with Crippen molar-refractivity contribution in [1.29, 1.82) is 0 Å². The molecule has 0 aliphatic carbocycles. The third-order valence-corrected chi connectivity index (χ3v) is 3.89. The van der Waals surface area contributed by atoms with Crippen LogP contribution in [0.5, 0.6) is 0 Å². The number of rotatable bonds is 2. The van der Waals surface area contributed by atoms with Crippen LogP contribution in [-0.4, -0.2) is 48.9 Å². The van der Waals surface area contributed by atoms with Gasteiger partial charge in [-0.3, -0.25) is 14.6 Å². The lowest BCUT2D eigenvalue weighted by atomic mass is 9.98. The van der Waals surface area contributed by atoms with Crippen molar-refractivity contribution < 1.29 is 18.0 Å². The molecule has 0 radical (unpaired) electrons. The van der Waals surface area contributed by atoms with E-state index in [-0.39, 0.29) is 19.0 Å². The van der Waals surface area contributed by atoms with Gasteiger partial charge in [-0.15, -0.1) is 0 Å². The highest BCUT2D eigenvalue weighted by atomic mass is 35.5. The lowest BCUT2D eigenvalue weighted by Gasteiger charge is -2.37. The van der Waals surface area contributed by atoms with E-state index >= 15 is 0 Å². The van der Waals surface area contributed by atoms with Gasteiger partial charge in [0.1, 0.15) is 22.9 Å². The molecule has 0 unspecified atom stereocenters. The Morgan fingerprint density at radius 1 is 1.45 bits per heavy atom. The van der Waals surface area contributed by atoms with Crippen LogP contribution in [0, 0.1) is 0 Å². The van der Waals surface area contributed by atoms with Gasteiger partial charge in [-0.25, -0.2) is 4.98 Å². The maximum Gasteiger partial charge on any atom is 0.421 e. The molecule has 7 nitrogen and oxygen atoms in total. The highest BCUT2D eigenvalue weighted by Crippen LogP contribution is 2.38. The van der Waals surface area contributed by atoms with E-state index in [1.165, 1.54) is 18.3 Å². The topological polar surface area (TPSA) is 79.7 Å². The summed E-state index contributed by atoms with van der Waals surface area (Å²) in [6.45, 7) is 0.499. The summed E-state index contributed by atoms with van der Waals surface area (Å²) in [4.78, 5) is 17.4. The molecule has 0 aromatic carbocycles. The summed E-state index contributed by atoms with van der Waals surface area (Å²) < 4.78 is 39.9. The molecule has 0 spiro atoms. The van der Waals surface area contributed by atoms with Crippen LogP contribution in [0.1, 0.15) is 27.8 Å². The average Bonchev–Trinajstić information content (AvgIpc) is 2.96. The van der Waals surface area contributed by atoms with Gasteiger partial charge in [-0.05, 0) is 0 Å². The summed E-state index contributed by atoms with van der Waals surface area (Å²) in [6, 6.07) is 0. The van der Waals surface area contributed by atoms with Gasteiger partial charge in [0, 0.05) is 20.1 Å². The normalized spacial score (nSPS) is 16.0. The van der Waals surface area contributed by atoms with Crippen molar-refractivity contribution in [3.8, 4) is 0 Å². The zero-order chi connectivity index (χ0) is 16.1. The standard InChI is InChI=1S/C11H10ClF3N6O/c1-20-8(12)6(11(13,14)15)7(19-20)10(22)21-2-5(3-21)9-16-4-17-18-9/h4-5H,2-3H2,1H3,(H,16,17,18). The van der Waals surface area contributed by atoms with Crippen molar-refractivity contribution in [2.75, 3.05) is 13.1 Å². The minimum Gasteiger partial charge on any atom is -0.336 e. The zero-order valence-electron chi connectivity index (χ0n) is 11.2. The second-order valence-corrected chi connectivity index (χ2v) is 5.27. The van der Waals surface area contributed by atoms with Gasteiger partial charge in [-0.2, -0.15) is 23.4 Å². The van der Waals surface area contributed by atoms with Crippen molar-refractivity contribution in [3.05, 3.63) is 28.6 Å². The van der Waals surface area contributed by atoms with E-state index in [9.17, 15) is 18.0 Å². The van der Waals surface area contributed by atoms with Gasteiger partial charge in [0.25, 0.3) is 5.91 Å².